The summed E-state index contributed by atoms with van der Waals surface area (Å²) in [5, 5.41) is 3.32. The molecule has 0 aliphatic carbocycles. The molecule has 0 unspecified atom stereocenters. The highest BCUT2D eigenvalue weighted by molar-refractivity contribution is 6.31. The van der Waals surface area contributed by atoms with E-state index < -0.39 is 5.41 Å². The SMILES string of the molecule is CN1C(=O)C(C)(C)COc2cc(NC(=O)c3cccc(Cl)c3)ccc21. The number of nitrogens with zero attached hydrogens (tertiary/aromatic N) is 1. The van der Waals surface area contributed by atoms with Gasteiger partial charge in [-0.15, -0.1) is 0 Å². The Morgan fingerprint density at radius 3 is 2.72 bits per heavy atom. The summed E-state index contributed by atoms with van der Waals surface area (Å²) < 4.78 is 5.82. The molecule has 0 fully saturated rings. The summed E-state index contributed by atoms with van der Waals surface area (Å²) in [6, 6.07) is 12.0. The lowest BCUT2D eigenvalue weighted by Gasteiger charge is -2.24. The van der Waals surface area contributed by atoms with Gasteiger partial charge in [0.1, 0.15) is 12.4 Å². The Kier molecular flexibility index (Phi) is 4.43. The van der Waals surface area contributed by atoms with Gasteiger partial charge in [-0.25, -0.2) is 0 Å². The van der Waals surface area contributed by atoms with Gasteiger partial charge in [0.25, 0.3) is 5.91 Å². The van der Waals surface area contributed by atoms with Gasteiger partial charge in [-0.05, 0) is 44.2 Å². The first-order chi connectivity index (χ1) is 11.8. The largest absolute Gasteiger partial charge is 0.490 e. The van der Waals surface area contributed by atoms with E-state index in [0.717, 1.165) is 0 Å². The molecule has 5 nitrogen and oxygen atoms in total. The van der Waals surface area contributed by atoms with E-state index in [-0.39, 0.29) is 18.4 Å². The number of halogens is 1. The molecular formula is C19H19ClN2O3. The molecule has 0 radical (unpaired) electrons. The first-order valence-electron chi connectivity index (χ1n) is 7.90. The molecule has 25 heavy (non-hydrogen) atoms. The van der Waals surface area contributed by atoms with Crippen molar-refractivity contribution in [1.29, 1.82) is 0 Å². The summed E-state index contributed by atoms with van der Waals surface area (Å²) in [5.74, 6) is 0.285. The lowest BCUT2D eigenvalue weighted by atomic mass is 9.93. The van der Waals surface area contributed by atoms with E-state index in [4.69, 9.17) is 16.3 Å². The van der Waals surface area contributed by atoms with Crippen LogP contribution in [-0.4, -0.2) is 25.5 Å². The fourth-order valence-electron chi connectivity index (χ4n) is 2.70. The third kappa shape index (κ3) is 3.46. The van der Waals surface area contributed by atoms with E-state index in [1.54, 1.807) is 54.4 Å². The molecule has 2 aromatic rings. The maximum atomic E-state index is 12.5. The number of ether oxygens (including phenoxy) is 1. The highest BCUT2D eigenvalue weighted by atomic mass is 35.5. The molecule has 0 saturated carbocycles. The fraction of sp³-hybridized carbons (Fsp3) is 0.263. The van der Waals surface area contributed by atoms with Gasteiger partial charge in [-0.3, -0.25) is 9.59 Å². The number of anilines is 2. The van der Waals surface area contributed by atoms with Crippen LogP contribution in [0.1, 0.15) is 24.2 Å². The van der Waals surface area contributed by atoms with Gasteiger partial charge in [0, 0.05) is 29.4 Å². The predicted molar refractivity (Wildman–Crippen MR) is 98.5 cm³/mol. The quantitative estimate of drug-likeness (QED) is 0.883. The number of carbonyl (C=O) groups is 2. The van der Waals surface area contributed by atoms with Crippen molar-refractivity contribution < 1.29 is 14.3 Å². The number of hydrogen-bond donors (Lipinski definition) is 1. The number of fused-ring (bicyclic) bond motifs is 1. The number of rotatable bonds is 2. The van der Waals surface area contributed by atoms with Gasteiger partial charge in [-0.2, -0.15) is 0 Å². The molecule has 1 heterocycles. The van der Waals surface area contributed by atoms with Gasteiger partial charge >= 0.3 is 0 Å². The van der Waals surface area contributed by atoms with Crippen LogP contribution in [0.2, 0.25) is 5.02 Å². The standard InChI is InChI=1S/C19H19ClN2O3/c1-19(2)11-25-16-10-14(7-8-15(16)22(3)18(19)24)21-17(23)12-5-4-6-13(20)9-12/h4-10H,11H2,1-3H3,(H,21,23). The maximum absolute atomic E-state index is 12.5. The van der Waals surface area contributed by atoms with Gasteiger partial charge in [-0.1, -0.05) is 17.7 Å². The summed E-state index contributed by atoms with van der Waals surface area (Å²) in [5.41, 5.74) is 1.12. The molecule has 0 aromatic heterocycles. The van der Waals surface area contributed by atoms with Gasteiger partial charge in [0.05, 0.1) is 11.1 Å². The zero-order chi connectivity index (χ0) is 18.2. The maximum Gasteiger partial charge on any atom is 0.255 e. The monoisotopic (exact) mass is 358 g/mol. The molecule has 0 saturated heterocycles. The molecule has 1 aliphatic heterocycles. The van der Waals surface area contributed by atoms with Crippen molar-refractivity contribution in [2.75, 3.05) is 23.9 Å². The summed E-state index contributed by atoms with van der Waals surface area (Å²) in [6.45, 7) is 3.97. The van der Waals surface area contributed by atoms with Crippen LogP contribution in [0.5, 0.6) is 5.75 Å². The second-order valence-electron chi connectivity index (χ2n) is 6.68. The molecule has 0 spiro atoms. The average molecular weight is 359 g/mol. The predicted octanol–water partition coefficient (Wildman–Crippen LogP) is 3.97. The Morgan fingerprint density at radius 1 is 1.24 bits per heavy atom. The van der Waals surface area contributed by atoms with E-state index in [1.807, 2.05) is 13.8 Å². The molecule has 2 aromatic carbocycles. The van der Waals surface area contributed by atoms with Crippen molar-refractivity contribution in [2.45, 2.75) is 13.8 Å². The van der Waals surface area contributed by atoms with E-state index in [0.29, 0.717) is 27.7 Å². The second-order valence-corrected chi connectivity index (χ2v) is 7.12. The molecule has 1 N–H and O–H groups in total. The average Bonchev–Trinajstić information content (AvgIpc) is 2.66. The van der Waals surface area contributed by atoms with Crippen LogP contribution in [0.15, 0.2) is 42.5 Å². The lowest BCUT2D eigenvalue weighted by Crippen LogP contribution is -2.39. The van der Waals surface area contributed by atoms with Crippen LogP contribution in [0.25, 0.3) is 0 Å². The lowest BCUT2D eigenvalue weighted by molar-refractivity contribution is -0.127. The second kappa shape index (κ2) is 6.41. The fourth-order valence-corrected chi connectivity index (χ4v) is 2.89. The zero-order valence-corrected chi connectivity index (χ0v) is 15.1. The van der Waals surface area contributed by atoms with Crippen molar-refractivity contribution in [3.05, 3.63) is 53.1 Å². The minimum Gasteiger partial charge on any atom is -0.490 e. The molecule has 2 amide bonds. The van der Waals surface area contributed by atoms with Crippen molar-refractivity contribution in [2.24, 2.45) is 5.41 Å². The number of amides is 2. The molecular weight excluding hydrogens is 340 g/mol. The van der Waals surface area contributed by atoms with Crippen LogP contribution < -0.4 is 15.0 Å². The Labute approximate surface area is 151 Å². The molecule has 6 heteroatoms. The summed E-state index contributed by atoms with van der Waals surface area (Å²) in [7, 11) is 1.72. The molecule has 1 aliphatic rings. The Bertz CT molecular complexity index is 848. The summed E-state index contributed by atoms with van der Waals surface area (Å²) >= 11 is 5.92. The Hall–Kier alpha value is -2.53. The number of carbonyl (C=O) groups excluding carboxylic acids is 2. The van der Waals surface area contributed by atoms with Crippen LogP contribution in [0.4, 0.5) is 11.4 Å². The first-order valence-corrected chi connectivity index (χ1v) is 8.28. The van der Waals surface area contributed by atoms with Crippen molar-refractivity contribution in [1.82, 2.24) is 0 Å². The number of hydrogen-bond acceptors (Lipinski definition) is 3. The summed E-state index contributed by atoms with van der Waals surface area (Å²) in [6.07, 6.45) is 0. The highest BCUT2D eigenvalue weighted by Gasteiger charge is 2.36. The van der Waals surface area contributed by atoms with E-state index >= 15 is 0 Å². The van der Waals surface area contributed by atoms with Gasteiger partial charge in [0.2, 0.25) is 5.91 Å². The summed E-state index contributed by atoms with van der Waals surface area (Å²) in [4.78, 5) is 26.4. The smallest absolute Gasteiger partial charge is 0.255 e. The number of benzene rings is 2. The van der Waals surface area contributed by atoms with Crippen LogP contribution >= 0.6 is 11.6 Å². The van der Waals surface area contributed by atoms with Crippen molar-refractivity contribution >= 4 is 34.8 Å². The van der Waals surface area contributed by atoms with Crippen LogP contribution in [0.3, 0.4) is 0 Å². The van der Waals surface area contributed by atoms with Gasteiger partial charge in [0.15, 0.2) is 0 Å². The zero-order valence-electron chi connectivity index (χ0n) is 14.3. The van der Waals surface area contributed by atoms with Gasteiger partial charge < -0.3 is 15.0 Å². The molecule has 3 rings (SSSR count). The molecule has 0 bridgehead atoms. The minimum atomic E-state index is -0.613. The van der Waals surface area contributed by atoms with Crippen LogP contribution in [0, 0.1) is 5.41 Å². The van der Waals surface area contributed by atoms with E-state index in [1.165, 1.54) is 0 Å². The van der Waals surface area contributed by atoms with E-state index in [2.05, 4.69) is 5.32 Å². The topological polar surface area (TPSA) is 58.6 Å². The van der Waals surface area contributed by atoms with Crippen molar-refractivity contribution in [3.8, 4) is 5.75 Å². The normalized spacial score (nSPS) is 15.8. The van der Waals surface area contributed by atoms with E-state index in [9.17, 15) is 9.59 Å². The highest BCUT2D eigenvalue weighted by Crippen LogP contribution is 2.37. The molecule has 130 valence electrons. The van der Waals surface area contributed by atoms with Crippen molar-refractivity contribution in [3.63, 3.8) is 0 Å². The number of nitrogens with one attached hydrogen (secondary N) is 1. The molecule has 0 atom stereocenters. The van der Waals surface area contributed by atoms with Crippen LogP contribution in [-0.2, 0) is 4.79 Å². The first kappa shape index (κ1) is 17.3. The minimum absolute atomic E-state index is 0.0121. The third-order valence-corrected chi connectivity index (χ3v) is 4.37. The Morgan fingerprint density at radius 2 is 2.00 bits per heavy atom. The third-order valence-electron chi connectivity index (χ3n) is 4.14. The Balaban J connectivity index is 1.86.